The van der Waals surface area contributed by atoms with Crippen LogP contribution in [0.2, 0.25) is 0 Å². The van der Waals surface area contributed by atoms with E-state index < -0.39 is 9.84 Å². The molecule has 1 aromatic rings. The smallest absolute Gasteiger partial charge is 0.201 e. The first kappa shape index (κ1) is 8.31. The summed E-state index contributed by atoms with van der Waals surface area (Å²) in [4.78, 5) is 0.399. The van der Waals surface area contributed by atoms with E-state index in [0.29, 0.717) is 11.4 Å². The van der Waals surface area contributed by atoms with Gasteiger partial charge in [-0.2, -0.15) is 0 Å². The molecular formula is C9H9NO2S. The average Bonchev–Trinajstić information content (AvgIpc) is 2.26. The number of hydrogen-bond donors (Lipinski definition) is 1. The Balaban J connectivity index is 2.70. The van der Waals surface area contributed by atoms with Gasteiger partial charge in [-0.05, 0) is 11.6 Å². The molecule has 0 saturated carbocycles. The van der Waals surface area contributed by atoms with Gasteiger partial charge in [-0.3, -0.25) is 0 Å². The van der Waals surface area contributed by atoms with Crippen LogP contribution in [0.15, 0.2) is 40.8 Å². The van der Waals surface area contributed by atoms with Crippen LogP contribution in [0.25, 0.3) is 0 Å². The summed E-state index contributed by atoms with van der Waals surface area (Å²) in [6.07, 6.45) is 1.47. The summed E-state index contributed by atoms with van der Waals surface area (Å²) in [6, 6.07) is 7.01. The van der Waals surface area contributed by atoms with Gasteiger partial charge in [0, 0.05) is 12.7 Å². The molecule has 1 aromatic carbocycles. The fourth-order valence-electron chi connectivity index (χ4n) is 1.31. The van der Waals surface area contributed by atoms with E-state index in [1.165, 1.54) is 11.6 Å². The minimum Gasteiger partial charge on any atom is -0.386 e. The second-order valence-electron chi connectivity index (χ2n) is 2.84. The van der Waals surface area contributed by atoms with Crippen molar-refractivity contribution in [3.8, 4) is 0 Å². The minimum atomic E-state index is -3.22. The molecule has 1 heterocycles. The van der Waals surface area contributed by atoms with Crippen molar-refractivity contribution in [2.45, 2.75) is 11.4 Å². The molecule has 4 heteroatoms. The zero-order valence-electron chi connectivity index (χ0n) is 6.90. The lowest BCUT2D eigenvalue weighted by atomic mass is 10.2. The summed E-state index contributed by atoms with van der Waals surface area (Å²) in [5.74, 6) is 0. The first-order chi connectivity index (χ1) is 6.20. The van der Waals surface area contributed by atoms with Crippen LogP contribution >= 0.6 is 0 Å². The summed E-state index contributed by atoms with van der Waals surface area (Å²) in [5.41, 5.74) is 0.813. The summed E-state index contributed by atoms with van der Waals surface area (Å²) in [5, 5.41) is 4.09. The minimum absolute atomic E-state index is 0.399. The predicted octanol–water partition coefficient (Wildman–Crippen LogP) is 1.03. The molecule has 0 saturated heterocycles. The molecule has 0 unspecified atom stereocenters. The van der Waals surface area contributed by atoms with E-state index in [2.05, 4.69) is 5.32 Å². The summed E-state index contributed by atoms with van der Waals surface area (Å²) in [7, 11) is -3.22. The molecule has 68 valence electrons. The standard InChI is InChI=1S/C9H9NO2S/c11-13(12)6-5-10-7-8-3-1-2-4-9(8)13/h1-6,10H,7H2. The maximum atomic E-state index is 11.6. The van der Waals surface area contributed by atoms with Crippen LogP contribution in [0, 0.1) is 0 Å². The highest BCUT2D eigenvalue weighted by atomic mass is 32.2. The van der Waals surface area contributed by atoms with Crippen LogP contribution in [0.1, 0.15) is 5.56 Å². The van der Waals surface area contributed by atoms with Gasteiger partial charge in [0.25, 0.3) is 0 Å². The van der Waals surface area contributed by atoms with Gasteiger partial charge in [0.05, 0.1) is 10.3 Å². The topological polar surface area (TPSA) is 46.2 Å². The van der Waals surface area contributed by atoms with Crippen molar-refractivity contribution in [1.82, 2.24) is 5.32 Å². The Morgan fingerprint density at radius 1 is 1.23 bits per heavy atom. The number of sulfone groups is 1. The Labute approximate surface area is 77.0 Å². The molecule has 1 aliphatic rings. The lowest BCUT2D eigenvalue weighted by Gasteiger charge is -2.03. The van der Waals surface area contributed by atoms with Crippen molar-refractivity contribution >= 4 is 9.84 Å². The molecule has 0 amide bonds. The molecule has 0 atom stereocenters. The van der Waals surface area contributed by atoms with E-state index in [4.69, 9.17) is 0 Å². The van der Waals surface area contributed by atoms with E-state index in [0.717, 1.165) is 5.56 Å². The number of fused-ring (bicyclic) bond motifs is 1. The zero-order chi connectivity index (χ0) is 9.31. The lowest BCUT2D eigenvalue weighted by Crippen LogP contribution is -2.04. The molecular weight excluding hydrogens is 186 g/mol. The van der Waals surface area contributed by atoms with Crippen LogP contribution in [-0.2, 0) is 16.4 Å². The highest BCUT2D eigenvalue weighted by Gasteiger charge is 2.16. The van der Waals surface area contributed by atoms with E-state index in [-0.39, 0.29) is 0 Å². The van der Waals surface area contributed by atoms with Gasteiger partial charge in [0.2, 0.25) is 9.84 Å². The Kier molecular flexibility index (Phi) is 1.84. The highest BCUT2D eigenvalue weighted by Crippen LogP contribution is 2.19. The van der Waals surface area contributed by atoms with Gasteiger partial charge in [-0.25, -0.2) is 8.42 Å². The third-order valence-corrected chi connectivity index (χ3v) is 3.44. The Morgan fingerprint density at radius 3 is 2.85 bits per heavy atom. The largest absolute Gasteiger partial charge is 0.386 e. The zero-order valence-corrected chi connectivity index (χ0v) is 7.71. The Hall–Kier alpha value is -1.29. The van der Waals surface area contributed by atoms with Crippen LogP contribution in [-0.4, -0.2) is 8.42 Å². The summed E-state index contributed by atoms with van der Waals surface area (Å²) < 4.78 is 23.1. The van der Waals surface area contributed by atoms with Crippen molar-refractivity contribution in [2.75, 3.05) is 0 Å². The van der Waals surface area contributed by atoms with E-state index >= 15 is 0 Å². The molecule has 0 aromatic heterocycles. The van der Waals surface area contributed by atoms with Gasteiger partial charge in [0.15, 0.2) is 0 Å². The van der Waals surface area contributed by atoms with Crippen molar-refractivity contribution < 1.29 is 8.42 Å². The van der Waals surface area contributed by atoms with Crippen molar-refractivity contribution in [2.24, 2.45) is 0 Å². The number of hydrogen-bond acceptors (Lipinski definition) is 3. The number of benzene rings is 1. The summed E-state index contributed by atoms with van der Waals surface area (Å²) in [6.45, 7) is 0.561. The second-order valence-corrected chi connectivity index (χ2v) is 4.64. The lowest BCUT2D eigenvalue weighted by molar-refractivity contribution is 0.604. The molecule has 0 fully saturated rings. The van der Waals surface area contributed by atoms with Gasteiger partial charge < -0.3 is 5.32 Å². The predicted molar refractivity (Wildman–Crippen MR) is 49.6 cm³/mol. The van der Waals surface area contributed by atoms with Crippen molar-refractivity contribution in [3.63, 3.8) is 0 Å². The van der Waals surface area contributed by atoms with Crippen LogP contribution in [0.3, 0.4) is 0 Å². The van der Waals surface area contributed by atoms with E-state index in [9.17, 15) is 8.42 Å². The van der Waals surface area contributed by atoms with Crippen molar-refractivity contribution in [3.05, 3.63) is 41.4 Å². The molecule has 13 heavy (non-hydrogen) atoms. The highest BCUT2D eigenvalue weighted by molar-refractivity contribution is 7.94. The monoisotopic (exact) mass is 195 g/mol. The molecule has 2 rings (SSSR count). The number of nitrogens with one attached hydrogen (secondary N) is 1. The molecule has 0 radical (unpaired) electrons. The van der Waals surface area contributed by atoms with Crippen LogP contribution in [0.5, 0.6) is 0 Å². The van der Waals surface area contributed by atoms with Crippen LogP contribution in [0.4, 0.5) is 0 Å². The van der Waals surface area contributed by atoms with E-state index in [1.807, 2.05) is 12.1 Å². The maximum absolute atomic E-state index is 11.6. The summed E-state index contributed by atoms with van der Waals surface area (Å²) >= 11 is 0. The van der Waals surface area contributed by atoms with Gasteiger partial charge >= 0.3 is 0 Å². The second kappa shape index (κ2) is 2.88. The van der Waals surface area contributed by atoms with E-state index in [1.54, 1.807) is 12.1 Å². The Morgan fingerprint density at radius 2 is 2.00 bits per heavy atom. The molecule has 0 aliphatic carbocycles. The van der Waals surface area contributed by atoms with Crippen molar-refractivity contribution in [1.29, 1.82) is 0 Å². The molecule has 1 aliphatic heterocycles. The molecule has 3 nitrogen and oxygen atoms in total. The normalized spacial score (nSPS) is 18.5. The maximum Gasteiger partial charge on any atom is 0.201 e. The molecule has 0 spiro atoms. The first-order valence-corrected chi connectivity index (χ1v) is 5.48. The van der Waals surface area contributed by atoms with Gasteiger partial charge in [-0.15, -0.1) is 0 Å². The third kappa shape index (κ3) is 1.45. The average molecular weight is 195 g/mol. The fourth-order valence-corrected chi connectivity index (χ4v) is 2.50. The SMILES string of the molecule is O=S1(=O)C=CNCc2ccccc21. The number of rotatable bonds is 0. The van der Waals surface area contributed by atoms with Crippen LogP contribution < -0.4 is 5.32 Å². The third-order valence-electron chi connectivity index (χ3n) is 1.94. The Bertz CT molecular complexity index is 448. The quantitative estimate of drug-likeness (QED) is 0.672. The fraction of sp³-hybridized carbons (Fsp3) is 0.111. The van der Waals surface area contributed by atoms with Gasteiger partial charge in [0.1, 0.15) is 0 Å². The first-order valence-electron chi connectivity index (χ1n) is 3.93. The molecule has 0 bridgehead atoms. The molecule has 1 N–H and O–H groups in total. The van der Waals surface area contributed by atoms with Gasteiger partial charge in [-0.1, -0.05) is 18.2 Å².